The monoisotopic (exact) mass is 443 g/mol. The van der Waals surface area contributed by atoms with Crippen LogP contribution in [0.4, 0.5) is 0 Å². The van der Waals surface area contributed by atoms with Gasteiger partial charge in [-0.1, -0.05) is 44.2 Å². The minimum absolute atomic E-state index is 0.0919. The zero-order valence-corrected chi connectivity index (χ0v) is 19.4. The highest BCUT2D eigenvalue weighted by molar-refractivity contribution is 5.92. The molecule has 1 heterocycles. The first kappa shape index (κ1) is 24.2. The maximum Gasteiger partial charge on any atom is 0.328 e. The molecule has 32 heavy (non-hydrogen) atoms. The Bertz CT molecular complexity index is 777. The summed E-state index contributed by atoms with van der Waals surface area (Å²) in [7, 11) is 1.34. The molecule has 1 aromatic carbocycles. The molecule has 1 aliphatic carbocycles. The molecule has 2 amide bonds. The van der Waals surface area contributed by atoms with E-state index in [9.17, 15) is 14.4 Å². The fraction of sp³-hybridized carbons (Fsp3) is 0.640. The summed E-state index contributed by atoms with van der Waals surface area (Å²) < 4.78 is 4.95. The number of esters is 1. The molecule has 1 saturated heterocycles. The Balaban J connectivity index is 1.61. The number of carbonyl (C=O) groups is 3. The van der Waals surface area contributed by atoms with Gasteiger partial charge in [0.2, 0.25) is 11.8 Å². The third-order valence-electron chi connectivity index (χ3n) is 6.47. The second kappa shape index (κ2) is 11.5. The van der Waals surface area contributed by atoms with Gasteiger partial charge in [0.1, 0.15) is 12.1 Å². The summed E-state index contributed by atoms with van der Waals surface area (Å²) >= 11 is 0. The van der Waals surface area contributed by atoms with Gasteiger partial charge < -0.3 is 20.7 Å². The molecule has 5 atom stereocenters. The number of ether oxygens (including phenoxy) is 1. The van der Waals surface area contributed by atoms with Gasteiger partial charge in [-0.2, -0.15) is 0 Å². The number of carbonyl (C=O) groups excluding carboxylic acids is 3. The second-order valence-corrected chi connectivity index (χ2v) is 9.58. The number of amides is 2. The van der Waals surface area contributed by atoms with Crippen LogP contribution in [-0.2, 0) is 19.1 Å². The molecule has 176 valence electrons. The Hall–Kier alpha value is -2.41. The van der Waals surface area contributed by atoms with Gasteiger partial charge in [-0.15, -0.1) is 0 Å². The van der Waals surface area contributed by atoms with Crippen LogP contribution in [0.15, 0.2) is 30.3 Å². The van der Waals surface area contributed by atoms with Gasteiger partial charge in [0, 0.05) is 5.92 Å². The van der Waals surface area contributed by atoms with Crippen LogP contribution in [0, 0.1) is 17.8 Å². The average Bonchev–Trinajstić information content (AvgIpc) is 3.60. The van der Waals surface area contributed by atoms with Crippen molar-refractivity contribution in [2.24, 2.45) is 17.8 Å². The van der Waals surface area contributed by atoms with Crippen molar-refractivity contribution in [3.8, 4) is 0 Å². The van der Waals surface area contributed by atoms with Crippen LogP contribution in [0.25, 0.3) is 0 Å². The summed E-state index contributed by atoms with van der Waals surface area (Å²) in [6.07, 6.45) is 3.92. The Labute approximate surface area is 191 Å². The standard InChI is InChI=1S/C25H37N3O4/c1-16(2)12-21(27-23(29)20-14-19(20)18-9-5-4-6-10-18)24(30)28-22(25(31)32-3)13-17-8-7-11-26-15-17/h4-6,9-10,16-17,19-22,26H,7-8,11-15H2,1-3H3,(H,27,29)(H,28,30)/t17-,19-,20+,21-,22-/m0/s1. The predicted molar refractivity (Wildman–Crippen MR) is 123 cm³/mol. The van der Waals surface area contributed by atoms with Gasteiger partial charge in [-0.25, -0.2) is 4.79 Å². The third kappa shape index (κ3) is 6.79. The van der Waals surface area contributed by atoms with Gasteiger partial charge in [0.25, 0.3) is 0 Å². The Kier molecular flexibility index (Phi) is 8.67. The molecule has 0 spiro atoms. The van der Waals surface area contributed by atoms with Crippen molar-refractivity contribution in [2.75, 3.05) is 20.2 Å². The smallest absolute Gasteiger partial charge is 0.328 e. The van der Waals surface area contributed by atoms with Crippen LogP contribution < -0.4 is 16.0 Å². The molecule has 0 unspecified atom stereocenters. The van der Waals surface area contributed by atoms with E-state index in [0.717, 1.165) is 37.9 Å². The molecule has 0 aromatic heterocycles. The summed E-state index contributed by atoms with van der Waals surface area (Å²) in [6, 6.07) is 8.62. The van der Waals surface area contributed by atoms with E-state index in [1.54, 1.807) is 0 Å². The average molecular weight is 444 g/mol. The van der Waals surface area contributed by atoms with E-state index in [0.29, 0.717) is 18.8 Å². The molecule has 2 fully saturated rings. The van der Waals surface area contributed by atoms with E-state index in [1.807, 2.05) is 44.2 Å². The molecule has 0 bridgehead atoms. The van der Waals surface area contributed by atoms with E-state index < -0.39 is 18.1 Å². The van der Waals surface area contributed by atoms with Gasteiger partial charge in [-0.3, -0.25) is 9.59 Å². The maximum atomic E-state index is 13.1. The Morgan fingerprint density at radius 3 is 2.50 bits per heavy atom. The van der Waals surface area contributed by atoms with Gasteiger partial charge in [-0.05, 0) is 68.5 Å². The molecule has 1 aromatic rings. The minimum atomic E-state index is -0.707. The lowest BCUT2D eigenvalue weighted by molar-refractivity contribution is -0.146. The van der Waals surface area contributed by atoms with E-state index in [4.69, 9.17) is 4.74 Å². The molecule has 7 heteroatoms. The van der Waals surface area contributed by atoms with Crippen LogP contribution in [0.3, 0.4) is 0 Å². The first-order valence-corrected chi connectivity index (χ1v) is 11.8. The second-order valence-electron chi connectivity index (χ2n) is 9.58. The summed E-state index contributed by atoms with van der Waals surface area (Å²) in [5, 5.41) is 9.17. The number of methoxy groups -OCH3 is 1. The summed E-state index contributed by atoms with van der Waals surface area (Å²) in [5.41, 5.74) is 1.16. The van der Waals surface area contributed by atoms with E-state index in [2.05, 4.69) is 16.0 Å². The first-order valence-electron chi connectivity index (χ1n) is 11.8. The van der Waals surface area contributed by atoms with E-state index >= 15 is 0 Å². The molecule has 1 aliphatic heterocycles. The largest absolute Gasteiger partial charge is 0.467 e. The predicted octanol–water partition coefficient (Wildman–Crippen LogP) is 2.37. The third-order valence-corrected chi connectivity index (χ3v) is 6.47. The lowest BCUT2D eigenvalue weighted by Crippen LogP contribution is -2.53. The van der Waals surface area contributed by atoms with Gasteiger partial charge >= 0.3 is 5.97 Å². The van der Waals surface area contributed by atoms with Gasteiger partial charge in [0.15, 0.2) is 0 Å². The summed E-state index contributed by atoms with van der Waals surface area (Å²) in [5.74, 6) is -0.220. The van der Waals surface area contributed by atoms with Crippen LogP contribution in [0.5, 0.6) is 0 Å². The van der Waals surface area contributed by atoms with Crippen LogP contribution >= 0.6 is 0 Å². The van der Waals surface area contributed by atoms with Gasteiger partial charge in [0.05, 0.1) is 7.11 Å². The Morgan fingerprint density at radius 1 is 1.12 bits per heavy atom. The topological polar surface area (TPSA) is 96.5 Å². The highest BCUT2D eigenvalue weighted by atomic mass is 16.5. The molecular weight excluding hydrogens is 406 g/mol. The summed E-state index contributed by atoms with van der Waals surface area (Å²) in [4.78, 5) is 38.4. The van der Waals surface area contributed by atoms with E-state index in [1.165, 1.54) is 7.11 Å². The number of nitrogens with one attached hydrogen (secondary N) is 3. The van der Waals surface area contributed by atoms with Crippen LogP contribution in [-0.4, -0.2) is 50.1 Å². The number of piperidine rings is 1. The fourth-order valence-electron chi connectivity index (χ4n) is 4.62. The van der Waals surface area contributed by atoms with Crippen LogP contribution in [0.1, 0.15) is 57.4 Å². The molecule has 0 radical (unpaired) electrons. The number of hydrogen-bond donors (Lipinski definition) is 3. The number of rotatable bonds is 10. The van der Waals surface area contributed by atoms with Crippen molar-refractivity contribution < 1.29 is 19.1 Å². The quantitative estimate of drug-likeness (QED) is 0.483. The molecular formula is C25H37N3O4. The van der Waals surface area contributed by atoms with Crippen molar-refractivity contribution in [3.05, 3.63) is 35.9 Å². The van der Waals surface area contributed by atoms with Crippen LogP contribution in [0.2, 0.25) is 0 Å². The highest BCUT2D eigenvalue weighted by Crippen LogP contribution is 2.47. The fourth-order valence-corrected chi connectivity index (χ4v) is 4.62. The number of hydrogen-bond acceptors (Lipinski definition) is 5. The maximum absolute atomic E-state index is 13.1. The molecule has 3 N–H and O–H groups in total. The van der Waals surface area contributed by atoms with E-state index in [-0.39, 0.29) is 29.6 Å². The molecule has 2 aliphatic rings. The molecule has 1 saturated carbocycles. The number of benzene rings is 1. The first-order chi connectivity index (χ1) is 15.4. The molecule has 7 nitrogen and oxygen atoms in total. The van der Waals surface area contributed by atoms with Crippen molar-refractivity contribution >= 4 is 17.8 Å². The van der Waals surface area contributed by atoms with Crippen molar-refractivity contribution in [1.82, 2.24) is 16.0 Å². The van der Waals surface area contributed by atoms with Crippen molar-refractivity contribution in [3.63, 3.8) is 0 Å². The van der Waals surface area contributed by atoms with Crippen molar-refractivity contribution in [2.45, 2.75) is 64.0 Å². The Morgan fingerprint density at radius 2 is 1.88 bits per heavy atom. The highest BCUT2D eigenvalue weighted by Gasteiger charge is 2.45. The zero-order valence-electron chi connectivity index (χ0n) is 19.4. The van der Waals surface area contributed by atoms with Crippen molar-refractivity contribution in [1.29, 1.82) is 0 Å². The lowest BCUT2D eigenvalue weighted by Gasteiger charge is -2.28. The molecule has 3 rings (SSSR count). The SMILES string of the molecule is COC(=O)[C@H](C[C@@H]1CCCNC1)NC(=O)[C@H](CC(C)C)NC(=O)[C@@H]1C[C@H]1c1ccccc1. The lowest BCUT2D eigenvalue weighted by atomic mass is 9.92. The normalized spacial score (nSPS) is 24.3. The summed E-state index contributed by atoms with van der Waals surface area (Å²) in [6.45, 7) is 5.85. The zero-order chi connectivity index (χ0) is 23.1. The minimum Gasteiger partial charge on any atom is -0.467 e.